The first-order valence-electron chi connectivity index (χ1n) is 7.77. The van der Waals surface area contributed by atoms with E-state index in [1.807, 2.05) is 6.92 Å². The lowest BCUT2D eigenvalue weighted by Gasteiger charge is -2.11. The summed E-state index contributed by atoms with van der Waals surface area (Å²) in [7, 11) is 0. The fourth-order valence-electron chi connectivity index (χ4n) is 2.65. The molecule has 0 amide bonds. The van der Waals surface area contributed by atoms with Crippen LogP contribution in [-0.2, 0) is 0 Å². The molecule has 0 spiro atoms. The van der Waals surface area contributed by atoms with Gasteiger partial charge in [0.05, 0.1) is 11.4 Å². The summed E-state index contributed by atoms with van der Waals surface area (Å²) in [4.78, 5) is 8.11. The maximum atomic E-state index is 14.5. The van der Waals surface area contributed by atoms with Gasteiger partial charge in [0.2, 0.25) is 0 Å². The van der Waals surface area contributed by atoms with Crippen LogP contribution in [0.1, 0.15) is 16.7 Å². The van der Waals surface area contributed by atoms with Gasteiger partial charge in [-0.25, -0.2) is 13.8 Å². The summed E-state index contributed by atoms with van der Waals surface area (Å²) in [5, 5.41) is 0.633. The number of rotatable bonds is 3. The number of aryl methyl sites for hydroxylation is 1. The number of fused-ring (bicyclic) bond motifs is 1. The van der Waals surface area contributed by atoms with Crippen molar-refractivity contribution in [1.82, 2.24) is 4.98 Å². The fraction of sp³-hybridized carbons (Fsp3) is 0.0526. The molecule has 0 bridgehead atoms. The Bertz CT molecular complexity index is 1040. The van der Waals surface area contributed by atoms with Crippen molar-refractivity contribution in [3.63, 3.8) is 0 Å². The van der Waals surface area contributed by atoms with Crippen molar-refractivity contribution in [2.24, 2.45) is 22.2 Å². The van der Waals surface area contributed by atoms with Crippen LogP contribution >= 0.6 is 0 Å². The smallest absolute Gasteiger partial charge is 0.191 e. The number of nitrogens with zero attached hydrogens (tertiary/aromatic N) is 2. The summed E-state index contributed by atoms with van der Waals surface area (Å²) < 4.78 is 27.7. The molecule has 0 aliphatic rings. The van der Waals surface area contributed by atoms with Crippen LogP contribution in [0.25, 0.3) is 22.3 Å². The molecule has 0 aliphatic carbocycles. The standard InChI is InChI=1S/C19H17F2N5/c1-10-6-7-25-18-14(10)8-12(9-15(18)21)16(22)17(26-19(23)24)11-2-4-13(20)5-3-11/h2-9H,22H2,1H3,(H4,23,24,26)/b17-16-. The minimum atomic E-state index is -0.507. The van der Waals surface area contributed by atoms with Crippen LogP contribution in [0, 0.1) is 18.6 Å². The normalized spacial score (nSPS) is 12.0. The van der Waals surface area contributed by atoms with Crippen molar-refractivity contribution >= 4 is 28.3 Å². The number of benzene rings is 2. The summed E-state index contributed by atoms with van der Waals surface area (Å²) >= 11 is 0. The molecule has 0 atom stereocenters. The Kier molecular flexibility index (Phi) is 4.53. The van der Waals surface area contributed by atoms with E-state index in [0.29, 0.717) is 16.5 Å². The zero-order valence-electron chi connectivity index (χ0n) is 14.0. The molecule has 6 N–H and O–H groups in total. The molecule has 26 heavy (non-hydrogen) atoms. The zero-order valence-corrected chi connectivity index (χ0v) is 14.0. The van der Waals surface area contributed by atoms with Crippen molar-refractivity contribution in [1.29, 1.82) is 0 Å². The Morgan fingerprint density at radius 3 is 2.31 bits per heavy atom. The Morgan fingerprint density at radius 1 is 0.962 bits per heavy atom. The highest BCUT2D eigenvalue weighted by molar-refractivity contribution is 5.96. The summed E-state index contributed by atoms with van der Waals surface area (Å²) in [6.45, 7) is 1.85. The van der Waals surface area contributed by atoms with E-state index in [4.69, 9.17) is 17.2 Å². The largest absolute Gasteiger partial charge is 0.396 e. The lowest BCUT2D eigenvalue weighted by atomic mass is 10.0. The number of aliphatic imine (C=N–C) groups is 1. The minimum Gasteiger partial charge on any atom is -0.396 e. The van der Waals surface area contributed by atoms with Crippen LogP contribution in [0.15, 0.2) is 53.7 Å². The SMILES string of the molecule is Cc1ccnc2c(F)cc(/C(N)=C(/N=C(N)N)c3ccc(F)cc3)cc12. The van der Waals surface area contributed by atoms with Crippen molar-refractivity contribution in [2.45, 2.75) is 6.92 Å². The van der Waals surface area contributed by atoms with E-state index in [-0.39, 0.29) is 22.9 Å². The van der Waals surface area contributed by atoms with Crippen LogP contribution in [0.3, 0.4) is 0 Å². The highest BCUT2D eigenvalue weighted by Gasteiger charge is 2.13. The molecule has 1 aromatic heterocycles. The molecule has 1 heterocycles. The first kappa shape index (κ1) is 17.3. The quantitative estimate of drug-likeness (QED) is 0.383. The lowest BCUT2D eigenvalue weighted by molar-refractivity contribution is 0.627. The van der Waals surface area contributed by atoms with Crippen LogP contribution in [0.5, 0.6) is 0 Å². The molecule has 0 fully saturated rings. The molecule has 2 aromatic carbocycles. The van der Waals surface area contributed by atoms with E-state index in [1.54, 1.807) is 18.3 Å². The number of pyridine rings is 1. The number of nitrogens with two attached hydrogens (primary N) is 3. The van der Waals surface area contributed by atoms with E-state index in [2.05, 4.69) is 9.98 Å². The van der Waals surface area contributed by atoms with Gasteiger partial charge in [0.1, 0.15) is 17.2 Å². The van der Waals surface area contributed by atoms with Gasteiger partial charge in [-0.2, -0.15) is 0 Å². The van der Waals surface area contributed by atoms with Crippen molar-refractivity contribution < 1.29 is 8.78 Å². The molecule has 3 rings (SSSR count). The molecular formula is C19H17F2N5. The summed E-state index contributed by atoms with van der Waals surface area (Å²) in [5.74, 6) is -1.13. The van der Waals surface area contributed by atoms with E-state index in [1.165, 1.54) is 30.3 Å². The van der Waals surface area contributed by atoms with E-state index >= 15 is 0 Å². The maximum Gasteiger partial charge on any atom is 0.191 e. The van der Waals surface area contributed by atoms with Crippen LogP contribution in [0.4, 0.5) is 8.78 Å². The Hall–Kier alpha value is -3.48. The molecule has 0 saturated carbocycles. The van der Waals surface area contributed by atoms with Crippen molar-refractivity contribution in [2.75, 3.05) is 0 Å². The number of aromatic nitrogens is 1. The predicted molar refractivity (Wildman–Crippen MR) is 99.6 cm³/mol. The second-order valence-corrected chi connectivity index (χ2v) is 5.79. The average molecular weight is 353 g/mol. The Balaban J connectivity index is 2.27. The fourth-order valence-corrected chi connectivity index (χ4v) is 2.65. The number of hydrogen-bond donors (Lipinski definition) is 3. The number of halogens is 2. The number of hydrogen-bond acceptors (Lipinski definition) is 3. The van der Waals surface area contributed by atoms with Gasteiger partial charge < -0.3 is 17.2 Å². The average Bonchev–Trinajstić information content (AvgIpc) is 2.60. The third-order valence-electron chi connectivity index (χ3n) is 3.94. The summed E-state index contributed by atoms with van der Waals surface area (Å²) in [6, 6.07) is 10.3. The molecule has 3 aromatic rings. The minimum absolute atomic E-state index is 0.161. The molecule has 7 heteroatoms. The van der Waals surface area contributed by atoms with Gasteiger partial charge in [-0.05, 0) is 55.0 Å². The van der Waals surface area contributed by atoms with Gasteiger partial charge in [-0.15, -0.1) is 0 Å². The van der Waals surface area contributed by atoms with E-state index in [0.717, 1.165) is 5.56 Å². The van der Waals surface area contributed by atoms with Gasteiger partial charge in [0.25, 0.3) is 0 Å². The van der Waals surface area contributed by atoms with Gasteiger partial charge in [0.15, 0.2) is 5.96 Å². The van der Waals surface area contributed by atoms with Crippen LogP contribution in [-0.4, -0.2) is 10.9 Å². The van der Waals surface area contributed by atoms with Crippen molar-refractivity contribution in [3.8, 4) is 0 Å². The third-order valence-corrected chi connectivity index (χ3v) is 3.94. The van der Waals surface area contributed by atoms with Crippen molar-refractivity contribution in [3.05, 3.63) is 77.0 Å². The molecule has 132 valence electrons. The lowest BCUT2D eigenvalue weighted by Crippen LogP contribution is -2.23. The second kappa shape index (κ2) is 6.79. The van der Waals surface area contributed by atoms with Gasteiger partial charge in [0, 0.05) is 22.7 Å². The first-order valence-corrected chi connectivity index (χ1v) is 7.77. The van der Waals surface area contributed by atoms with Gasteiger partial charge in [-0.3, -0.25) is 4.98 Å². The van der Waals surface area contributed by atoms with Crippen LogP contribution < -0.4 is 17.2 Å². The molecule has 0 saturated heterocycles. The maximum absolute atomic E-state index is 14.5. The second-order valence-electron chi connectivity index (χ2n) is 5.79. The number of guanidine groups is 1. The monoisotopic (exact) mass is 353 g/mol. The molecular weight excluding hydrogens is 336 g/mol. The Morgan fingerprint density at radius 2 is 1.65 bits per heavy atom. The van der Waals surface area contributed by atoms with Gasteiger partial charge in [-0.1, -0.05) is 0 Å². The van der Waals surface area contributed by atoms with E-state index < -0.39 is 11.6 Å². The summed E-state index contributed by atoms with van der Waals surface area (Å²) in [6.07, 6.45) is 1.54. The zero-order chi connectivity index (χ0) is 18.8. The highest BCUT2D eigenvalue weighted by Crippen LogP contribution is 2.28. The van der Waals surface area contributed by atoms with Gasteiger partial charge >= 0.3 is 0 Å². The van der Waals surface area contributed by atoms with E-state index in [9.17, 15) is 8.78 Å². The summed E-state index contributed by atoms with van der Waals surface area (Å²) in [5.41, 5.74) is 19.6. The predicted octanol–water partition coefficient (Wildman–Crippen LogP) is 2.88. The molecule has 0 aliphatic heterocycles. The molecule has 5 nitrogen and oxygen atoms in total. The highest BCUT2D eigenvalue weighted by atomic mass is 19.1. The Labute approximate surface area is 148 Å². The first-order chi connectivity index (χ1) is 12.4. The van der Waals surface area contributed by atoms with Crippen LogP contribution in [0.2, 0.25) is 0 Å². The topological polar surface area (TPSA) is 103 Å². The molecule has 0 unspecified atom stereocenters. The third kappa shape index (κ3) is 3.32. The molecule has 0 radical (unpaired) electrons.